The Morgan fingerprint density at radius 3 is 2.70 bits per heavy atom. The molecule has 0 aromatic carbocycles. The molecule has 0 radical (unpaired) electrons. The molecule has 1 saturated carbocycles. The zero-order valence-corrected chi connectivity index (χ0v) is 14.8. The summed E-state index contributed by atoms with van der Waals surface area (Å²) in [4.78, 5) is 8.99. The van der Waals surface area contributed by atoms with Gasteiger partial charge in [-0.15, -0.1) is 0 Å². The molecule has 0 amide bonds. The number of nitrogens with one attached hydrogen (secondary N) is 2. The van der Waals surface area contributed by atoms with Gasteiger partial charge in [-0.05, 0) is 44.1 Å². The summed E-state index contributed by atoms with van der Waals surface area (Å²) < 4.78 is 5.66. The number of rotatable bonds is 8. The molecule has 0 spiro atoms. The van der Waals surface area contributed by atoms with E-state index in [0.717, 1.165) is 30.6 Å². The molecular weight excluding hydrogens is 288 g/mol. The van der Waals surface area contributed by atoms with Crippen molar-refractivity contribution in [2.24, 2.45) is 16.8 Å². The third kappa shape index (κ3) is 6.47. The van der Waals surface area contributed by atoms with Crippen LogP contribution in [0, 0.1) is 11.8 Å². The summed E-state index contributed by atoms with van der Waals surface area (Å²) in [5.41, 5.74) is 1.08. The van der Waals surface area contributed by atoms with E-state index < -0.39 is 0 Å². The molecule has 1 atom stereocenters. The molecule has 1 aliphatic carbocycles. The smallest absolute Gasteiger partial charge is 0.213 e. The van der Waals surface area contributed by atoms with Crippen LogP contribution in [0.2, 0.25) is 0 Å². The second-order valence-corrected chi connectivity index (χ2v) is 6.63. The van der Waals surface area contributed by atoms with Crippen LogP contribution in [0.15, 0.2) is 23.3 Å². The minimum Gasteiger partial charge on any atom is -0.477 e. The number of pyridine rings is 1. The third-order valence-electron chi connectivity index (χ3n) is 4.09. The Morgan fingerprint density at radius 2 is 2.13 bits per heavy atom. The SMILES string of the molecule is CCNC(=NCc1ccc(OCC2CC2)nc1)NC(C)C(C)C. The molecule has 0 bridgehead atoms. The number of hydrogen-bond donors (Lipinski definition) is 2. The van der Waals surface area contributed by atoms with Crippen LogP contribution >= 0.6 is 0 Å². The van der Waals surface area contributed by atoms with Crippen LogP contribution < -0.4 is 15.4 Å². The Kier molecular flexibility index (Phi) is 6.68. The summed E-state index contributed by atoms with van der Waals surface area (Å²) in [6.07, 6.45) is 4.44. The second-order valence-electron chi connectivity index (χ2n) is 6.63. The van der Waals surface area contributed by atoms with E-state index in [1.807, 2.05) is 18.3 Å². The summed E-state index contributed by atoms with van der Waals surface area (Å²) in [5.74, 6) is 2.87. The Balaban J connectivity index is 1.86. The van der Waals surface area contributed by atoms with E-state index in [2.05, 4.69) is 48.3 Å². The third-order valence-corrected chi connectivity index (χ3v) is 4.09. The molecule has 1 unspecified atom stereocenters. The van der Waals surface area contributed by atoms with E-state index in [0.29, 0.717) is 24.4 Å². The van der Waals surface area contributed by atoms with Gasteiger partial charge in [0.2, 0.25) is 5.88 Å². The normalized spacial score (nSPS) is 16.3. The molecule has 2 rings (SSSR count). The predicted octanol–water partition coefficient (Wildman–Crippen LogP) is 2.97. The maximum atomic E-state index is 5.66. The lowest BCUT2D eigenvalue weighted by Crippen LogP contribution is -2.44. The van der Waals surface area contributed by atoms with Gasteiger partial charge in [-0.2, -0.15) is 0 Å². The van der Waals surface area contributed by atoms with Crippen molar-refractivity contribution in [3.05, 3.63) is 23.9 Å². The van der Waals surface area contributed by atoms with Crippen LogP contribution in [0.5, 0.6) is 5.88 Å². The molecule has 0 aliphatic heterocycles. The summed E-state index contributed by atoms with van der Waals surface area (Å²) in [7, 11) is 0. The first kappa shape index (κ1) is 17.6. The first-order valence-electron chi connectivity index (χ1n) is 8.71. The fourth-order valence-corrected chi connectivity index (χ4v) is 1.95. The summed E-state index contributed by atoms with van der Waals surface area (Å²) >= 11 is 0. The maximum absolute atomic E-state index is 5.66. The molecule has 1 fully saturated rings. The molecule has 1 heterocycles. The molecular formula is C18H30N4O. The molecule has 2 N–H and O–H groups in total. The van der Waals surface area contributed by atoms with Gasteiger partial charge in [0.05, 0.1) is 13.2 Å². The minimum absolute atomic E-state index is 0.379. The highest BCUT2D eigenvalue weighted by Crippen LogP contribution is 2.29. The van der Waals surface area contributed by atoms with Crippen molar-refractivity contribution in [3.63, 3.8) is 0 Å². The van der Waals surface area contributed by atoms with Gasteiger partial charge in [-0.1, -0.05) is 19.9 Å². The number of aromatic nitrogens is 1. The number of ether oxygens (including phenoxy) is 1. The zero-order valence-electron chi connectivity index (χ0n) is 14.8. The van der Waals surface area contributed by atoms with E-state index in [1.165, 1.54) is 12.8 Å². The molecule has 128 valence electrons. The Bertz CT molecular complexity index is 494. The van der Waals surface area contributed by atoms with E-state index in [-0.39, 0.29) is 0 Å². The van der Waals surface area contributed by atoms with Gasteiger partial charge in [0.15, 0.2) is 5.96 Å². The lowest BCUT2D eigenvalue weighted by atomic mass is 10.1. The summed E-state index contributed by atoms with van der Waals surface area (Å²) in [5, 5.41) is 6.72. The zero-order chi connectivity index (χ0) is 16.7. The van der Waals surface area contributed by atoms with Crippen LogP contribution in [0.1, 0.15) is 46.1 Å². The number of guanidine groups is 1. The van der Waals surface area contributed by atoms with E-state index in [4.69, 9.17) is 4.74 Å². The highest BCUT2D eigenvalue weighted by Gasteiger charge is 2.22. The average Bonchev–Trinajstić information content (AvgIpc) is 3.36. The largest absolute Gasteiger partial charge is 0.477 e. The minimum atomic E-state index is 0.379. The number of hydrogen-bond acceptors (Lipinski definition) is 3. The van der Waals surface area contributed by atoms with E-state index >= 15 is 0 Å². The fraction of sp³-hybridized carbons (Fsp3) is 0.667. The van der Waals surface area contributed by atoms with Gasteiger partial charge in [0, 0.05) is 24.8 Å². The molecule has 23 heavy (non-hydrogen) atoms. The number of aliphatic imine (C=N–C) groups is 1. The van der Waals surface area contributed by atoms with Crippen LogP contribution in [-0.2, 0) is 6.54 Å². The van der Waals surface area contributed by atoms with E-state index in [9.17, 15) is 0 Å². The Morgan fingerprint density at radius 1 is 1.35 bits per heavy atom. The molecule has 1 aliphatic rings. The first-order chi connectivity index (χ1) is 11.1. The molecule has 5 nitrogen and oxygen atoms in total. The highest BCUT2D eigenvalue weighted by molar-refractivity contribution is 5.80. The van der Waals surface area contributed by atoms with E-state index in [1.54, 1.807) is 0 Å². The van der Waals surface area contributed by atoms with Crippen LogP contribution in [0.4, 0.5) is 0 Å². The van der Waals surface area contributed by atoms with Crippen LogP contribution in [-0.4, -0.2) is 30.1 Å². The maximum Gasteiger partial charge on any atom is 0.213 e. The topological polar surface area (TPSA) is 58.5 Å². The van der Waals surface area contributed by atoms with Crippen molar-refractivity contribution in [1.29, 1.82) is 0 Å². The first-order valence-corrected chi connectivity index (χ1v) is 8.71. The highest BCUT2D eigenvalue weighted by atomic mass is 16.5. The van der Waals surface area contributed by atoms with Gasteiger partial charge in [0.1, 0.15) is 0 Å². The van der Waals surface area contributed by atoms with Crippen molar-refractivity contribution in [2.75, 3.05) is 13.2 Å². The quantitative estimate of drug-likeness (QED) is 0.571. The lowest BCUT2D eigenvalue weighted by molar-refractivity contribution is 0.288. The average molecular weight is 318 g/mol. The molecule has 1 aromatic rings. The standard InChI is InChI=1S/C18H30N4O/c1-5-19-18(22-14(4)13(2)3)21-11-16-8-9-17(20-10-16)23-12-15-6-7-15/h8-10,13-15H,5-7,11-12H2,1-4H3,(H2,19,21,22). The predicted molar refractivity (Wildman–Crippen MR) is 94.7 cm³/mol. The van der Waals surface area contributed by atoms with Crippen molar-refractivity contribution in [1.82, 2.24) is 15.6 Å². The Labute approximate surface area is 139 Å². The molecule has 0 saturated heterocycles. The van der Waals surface area contributed by atoms with Gasteiger partial charge in [-0.25, -0.2) is 9.98 Å². The molecule has 1 aromatic heterocycles. The van der Waals surface area contributed by atoms with Gasteiger partial charge in [-0.3, -0.25) is 0 Å². The van der Waals surface area contributed by atoms with Crippen LogP contribution in [0.25, 0.3) is 0 Å². The Hall–Kier alpha value is -1.78. The van der Waals surface area contributed by atoms with Crippen molar-refractivity contribution < 1.29 is 4.74 Å². The van der Waals surface area contributed by atoms with Gasteiger partial charge in [0.25, 0.3) is 0 Å². The monoisotopic (exact) mass is 318 g/mol. The van der Waals surface area contributed by atoms with Gasteiger partial charge >= 0.3 is 0 Å². The fourth-order valence-electron chi connectivity index (χ4n) is 1.95. The van der Waals surface area contributed by atoms with Crippen molar-refractivity contribution in [2.45, 2.75) is 53.1 Å². The second kappa shape index (κ2) is 8.75. The summed E-state index contributed by atoms with van der Waals surface area (Å²) in [6.45, 7) is 10.9. The van der Waals surface area contributed by atoms with Crippen molar-refractivity contribution in [3.8, 4) is 5.88 Å². The number of nitrogens with zero attached hydrogens (tertiary/aromatic N) is 2. The van der Waals surface area contributed by atoms with Crippen LogP contribution in [0.3, 0.4) is 0 Å². The lowest BCUT2D eigenvalue weighted by Gasteiger charge is -2.20. The van der Waals surface area contributed by atoms with Gasteiger partial charge < -0.3 is 15.4 Å². The molecule has 5 heteroatoms. The summed E-state index contributed by atoms with van der Waals surface area (Å²) in [6, 6.07) is 4.35. The van der Waals surface area contributed by atoms with Crippen molar-refractivity contribution >= 4 is 5.96 Å².